The molecule has 9 heteroatoms. The summed E-state index contributed by atoms with van der Waals surface area (Å²) in [6, 6.07) is 2.16. The Kier molecular flexibility index (Phi) is 5.11. The highest BCUT2D eigenvalue weighted by atomic mass is 32.2. The molecule has 8 nitrogen and oxygen atoms in total. The van der Waals surface area contributed by atoms with Crippen molar-refractivity contribution in [1.82, 2.24) is 14.3 Å². The van der Waals surface area contributed by atoms with Crippen molar-refractivity contribution < 1.29 is 13.2 Å². The average Bonchev–Trinajstić information content (AvgIpc) is 2.53. The van der Waals surface area contributed by atoms with Crippen LogP contribution >= 0.6 is 0 Å². The fourth-order valence-corrected chi connectivity index (χ4v) is 4.07. The van der Waals surface area contributed by atoms with Crippen molar-refractivity contribution in [2.24, 2.45) is 5.92 Å². The molecule has 0 radical (unpaired) electrons. The Bertz CT molecular complexity index is 762. The minimum Gasteiger partial charge on any atom is -0.473 e. The molecule has 0 spiro atoms. The fourth-order valence-electron chi connectivity index (χ4n) is 3.20. The van der Waals surface area contributed by atoms with Crippen LogP contribution in [0.5, 0.6) is 5.88 Å². The van der Waals surface area contributed by atoms with E-state index in [-0.39, 0.29) is 12.1 Å². The summed E-state index contributed by atoms with van der Waals surface area (Å²) in [6.07, 6.45) is 6.14. The number of rotatable bonds is 5. The molecular formula is C16H23N5O3S. The molecule has 0 atom stereocenters. The van der Waals surface area contributed by atoms with Crippen LogP contribution in [0.3, 0.4) is 0 Å². The van der Waals surface area contributed by atoms with E-state index in [0.717, 1.165) is 12.8 Å². The number of hydrogen-bond acceptors (Lipinski definition) is 7. The van der Waals surface area contributed by atoms with Crippen molar-refractivity contribution in [2.75, 3.05) is 24.7 Å². The van der Waals surface area contributed by atoms with Gasteiger partial charge in [0.2, 0.25) is 21.9 Å². The number of aromatic nitrogens is 2. The number of nitriles is 1. The lowest BCUT2D eigenvalue weighted by atomic mass is 9.84. The van der Waals surface area contributed by atoms with E-state index in [9.17, 15) is 13.7 Å². The van der Waals surface area contributed by atoms with Crippen molar-refractivity contribution in [3.05, 3.63) is 11.8 Å². The summed E-state index contributed by atoms with van der Waals surface area (Å²) in [4.78, 5) is 8.54. The number of nitrogens with one attached hydrogen (secondary N) is 1. The first-order valence-corrected chi connectivity index (χ1v) is 10.4. The molecule has 1 aromatic heterocycles. The van der Waals surface area contributed by atoms with E-state index >= 15 is 0 Å². The smallest absolute Gasteiger partial charge is 0.236 e. The number of anilines is 1. The highest BCUT2D eigenvalue weighted by molar-refractivity contribution is 7.88. The summed E-state index contributed by atoms with van der Waals surface area (Å²) < 4.78 is 30.4. The van der Waals surface area contributed by atoms with Crippen molar-refractivity contribution in [1.29, 1.82) is 5.26 Å². The summed E-state index contributed by atoms with van der Waals surface area (Å²) >= 11 is 0. The molecule has 0 aromatic carbocycles. The molecule has 1 N–H and O–H groups in total. The maximum Gasteiger partial charge on any atom is 0.236 e. The zero-order chi connectivity index (χ0) is 18.0. The number of ether oxygens (including phenoxy) is 1. The molecule has 136 valence electrons. The predicted octanol–water partition coefficient (Wildman–Crippen LogP) is 1.36. The highest BCUT2D eigenvalue weighted by Crippen LogP contribution is 2.31. The minimum absolute atomic E-state index is 0.0995. The van der Waals surface area contributed by atoms with E-state index in [2.05, 4.69) is 28.3 Å². The maximum atomic E-state index is 11.6. The SMILES string of the molecule is CC1CC(Oc2nc(NC3CCN(S(C)(=O)=O)CC3)ncc2C#N)C1. The van der Waals surface area contributed by atoms with E-state index < -0.39 is 10.0 Å². The van der Waals surface area contributed by atoms with E-state index in [0.29, 0.717) is 49.2 Å². The van der Waals surface area contributed by atoms with Crippen LogP contribution in [-0.4, -0.2) is 54.2 Å². The Hall–Kier alpha value is -1.92. The van der Waals surface area contributed by atoms with Crippen LogP contribution in [0.1, 0.15) is 38.2 Å². The fraction of sp³-hybridized carbons (Fsp3) is 0.688. The van der Waals surface area contributed by atoms with Crippen LogP contribution in [0.15, 0.2) is 6.20 Å². The van der Waals surface area contributed by atoms with E-state index in [4.69, 9.17) is 4.74 Å². The molecule has 1 saturated carbocycles. The van der Waals surface area contributed by atoms with Crippen LogP contribution in [0.25, 0.3) is 0 Å². The Balaban J connectivity index is 1.62. The number of piperidine rings is 1. The molecule has 25 heavy (non-hydrogen) atoms. The lowest BCUT2D eigenvalue weighted by Gasteiger charge is -2.33. The van der Waals surface area contributed by atoms with Crippen molar-refractivity contribution in [3.8, 4) is 11.9 Å². The summed E-state index contributed by atoms with van der Waals surface area (Å²) in [5.74, 6) is 1.39. The van der Waals surface area contributed by atoms with Gasteiger partial charge >= 0.3 is 0 Å². The van der Waals surface area contributed by atoms with Gasteiger partial charge in [0, 0.05) is 19.1 Å². The van der Waals surface area contributed by atoms with Crippen LogP contribution < -0.4 is 10.1 Å². The van der Waals surface area contributed by atoms with Gasteiger partial charge < -0.3 is 10.1 Å². The average molecular weight is 365 g/mol. The zero-order valence-corrected chi connectivity index (χ0v) is 15.3. The van der Waals surface area contributed by atoms with E-state index in [1.165, 1.54) is 16.8 Å². The molecule has 1 aromatic rings. The van der Waals surface area contributed by atoms with E-state index in [1.54, 1.807) is 0 Å². The van der Waals surface area contributed by atoms with Gasteiger partial charge in [0.1, 0.15) is 17.7 Å². The van der Waals surface area contributed by atoms with Gasteiger partial charge in [-0.25, -0.2) is 17.7 Å². The molecule has 1 aliphatic carbocycles. The van der Waals surface area contributed by atoms with Gasteiger partial charge in [0.25, 0.3) is 0 Å². The second kappa shape index (κ2) is 7.14. The van der Waals surface area contributed by atoms with Crippen molar-refractivity contribution >= 4 is 16.0 Å². The second-order valence-corrected chi connectivity index (χ2v) is 8.90. The van der Waals surface area contributed by atoms with Gasteiger partial charge in [-0.1, -0.05) is 6.92 Å². The lowest BCUT2D eigenvalue weighted by molar-refractivity contribution is 0.0692. The Morgan fingerprint density at radius 2 is 2.04 bits per heavy atom. The van der Waals surface area contributed by atoms with Crippen LogP contribution in [0.4, 0.5) is 5.95 Å². The molecular weight excluding hydrogens is 342 g/mol. The summed E-state index contributed by atoms with van der Waals surface area (Å²) in [6.45, 7) is 3.13. The molecule has 0 unspecified atom stereocenters. The quantitative estimate of drug-likeness (QED) is 0.839. The van der Waals surface area contributed by atoms with Gasteiger partial charge in [0.15, 0.2) is 0 Å². The lowest BCUT2D eigenvalue weighted by Crippen LogP contribution is -2.42. The van der Waals surface area contributed by atoms with Crippen LogP contribution in [-0.2, 0) is 10.0 Å². The Morgan fingerprint density at radius 1 is 1.36 bits per heavy atom. The first kappa shape index (κ1) is 17.9. The molecule has 2 fully saturated rings. The third-order valence-electron chi connectivity index (χ3n) is 4.74. The number of sulfonamides is 1. The zero-order valence-electron chi connectivity index (χ0n) is 14.5. The maximum absolute atomic E-state index is 11.6. The highest BCUT2D eigenvalue weighted by Gasteiger charge is 2.29. The number of nitrogens with zero attached hydrogens (tertiary/aromatic N) is 4. The van der Waals surface area contributed by atoms with Gasteiger partial charge in [-0.05, 0) is 31.6 Å². The Morgan fingerprint density at radius 3 is 2.60 bits per heavy atom. The molecule has 3 rings (SSSR count). The standard InChI is InChI=1S/C16H23N5O3S/c1-11-7-14(8-11)24-15-12(9-17)10-18-16(20-15)19-13-3-5-21(6-4-13)25(2,22)23/h10-11,13-14H,3-8H2,1-2H3,(H,18,19,20). The van der Waals surface area contributed by atoms with Crippen molar-refractivity contribution in [3.63, 3.8) is 0 Å². The molecule has 0 bridgehead atoms. The predicted molar refractivity (Wildman–Crippen MR) is 92.6 cm³/mol. The van der Waals surface area contributed by atoms with Crippen LogP contribution in [0.2, 0.25) is 0 Å². The minimum atomic E-state index is -3.13. The van der Waals surface area contributed by atoms with Gasteiger partial charge in [-0.15, -0.1) is 0 Å². The largest absolute Gasteiger partial charge is 0.473 e. The molecule has 2 aliphatic rings. The molecule has 1 saturated heterocycles. The summed E-state index contributed by atoms with van der Waals surface area (Å²) in [5.41, 5.74) is 0.331. The normalized spacial score (nSPS) is 25.0. The van der Waals surface area contributed by atoms with Gasteiger partial charge in [-0.2, -0.15) is 10.2 Å². The van der Waals surface area contributed by atoms with Gasteiger partial charge in [-0.3, -0.25) is 0 Å². The first-order valence-electron chi connectivity index (χ1n) is 8.50. The third kappa shape index (κ3) is 4.38. The first-order chi connectivity index (χ1) is 11.8. The third-order valence-corrected chi connectivity index (χ3v) is 6.04. The second-order valence-electron chi connectivity index (χ2n) is 6.92. The Labute approximate surface area is 148 Å². The molecule has 2 heterocycles. The summed E-state index contributed by atoms with van der Waals surface area (Å²) in [7, 11) is -3.13. The van der Waals surface area contributed by atoms with Crippen LogP contribution in [0, 0.1) is 17.2 Å². The van der Waals surface area contributed by atoms with E-state index in [1.807, 2.05) is 0 Å². The summed E-state index contributed by atoms with van der Waals surface area (Å²) in [5, 5.41) is 12.4. The topological polar surface area (TPSA) is 108 Å². The molecule has 0 amide bonds. The van der Waals surface area contributed by atoms with Gasteiger partial charge in [0.05, 0.1) is 12.5 Å². The number of hydrogen-bond donors (Lipinski definition) is 1. The monoisotopic (exact) mass is 365 g/mol. The molecule has 1 aliphatic heterocycles. The van der Waals surface area contributed by atoms with Crippen molar-refractivity contribution in [2.45, 2.75) is 44.8 Å².